The van der Waals surface area contributed by atoms with E-state index in [0.29, 0.717) is 18.7 Å². The van der Waals surface area contributed by atoms with Crippen molar-refractivity contribution in [2.24, 2.45) is 0 Å². The summed E-state index contributed by atoms with van der Waals surface area (Å²) in [5.41, 5.74) is 3.40. The quantitative estimate of drug-likeness (QED) is 0.526. The first-order valence-corrected chi connectivity index (χ1v) is 7.71. The van der Waals surface area contributed by atoms with Gasteiger partial charge >= 0.3 is 5.82 Å². The lowest BCUT2D eigenvalue weighted by molar-refractivity contribution is -0.389. The second-order valence-corrected chi connectivity index (χ2v) is 5.65. The van der Waals surface area contributed by atoms with Gasteiger partial charge in [0.2, 0.25) is 0 Å². The Hall–Kier alpha value is -3.40. The molecule has 0 saturated carbocycles. The van der Waals surface area contributed by atoms with Gasteiger partial charge in [-0.25, -0.2) is 0 Å². The number of hydrogen-bond acceptors (Lipinski definition) is 5. The largest absolute Gasteiger partial charge is 0.496 e. The molecule has 2 heterocycles. The predicted molar refractivity (Wildman–Crippen MR) is 92.5 cm³/mol. The first-order chi connectivity index (χ1) is 12.0. The molecule has 0 aliphatic rings. The van der Waals surface area contributed by atoms with E-state index >= 15 is 0 Å². The summed E-state index contributed by atoms with van der Waals surface area (Å²) in [6.45, 7) is 2.55. The molecule has 3 rings (SSSR count). The number of nitro groups is 1. The van der Waals surface area contributed by atoms with Crippen molar-refractivity contribution in [2.45, 2.75) is 19.9 Å². The van der Waals surface area contributed by atoms with Crippen LogP contribution in [0.25, 0.3) is 10.9 Å². The molecule has 0 aliphatic heterocycles. The number of ether oxygens (including phenoxy) is 1. The lowest BCUT2D eigenvalue weighted by Crippen LogP contribution is -2.04. The Bertz CT molecular complexity index is 984. The van der Waals surface area contributed by atoms with Gasteiger partial charge in [0.1, 0.15) is 23.7 Å². The molecule has 0 fully saturated rings. The molecule has 7 nitrogen and oxygen atoms in total. The van der Waals surface area contributed by atoms with Crippen LogP contribution in [0.1, 0.15) is 16.8 Å². The van der Waals surface area contributed by atoms with E-state index in [1.807, 2.05) is 29.7 Å². The summed E-state index contributed by atoms with van der Waals surface area (Å²) < 4.78 is 7.29. The molecular formula is C18H16N4O3. The van der Waals surface area contributed by atoms with Crippen molar-refractivity contribution in [3.63, 3.8) is 0 Å². The van der Waals surface area contributed by atoms with Gasteiger partial charge in [-0.1, -0.05) is 0 Å². The topological polar surface area (TPSA) is 94.0 Å². The van der Waals surface area contributed by atoms with E-state index in [1.165, 1.54) is 12.3 Å². The number of aromatic nitrogens is 2. The van der Waals surface area contributed by atoms with Gasteiger partial charge in [-0.2, -0.15) is 5.26 Å². The maximum atomic E-state index is 10.7. The lowest BCUT2D eigenvalue weighted by Gasteiger charge is -2.09. The molecule has 0 N–H and O–H groups in total. The number of pyridine rings is 1. The number of fused-ring (bicyclic) bond motifs is 1. The molecule has 0 atom stereocenters. The third-order valence-corrected chi connectivity index (χ3v) is 4.26. The fraction of sp³-hybridized carbons (Fsp3) is 0.222. The second-order valence-electron chi connectivity index (χ2n) is 5.65. The van der Waals surface area contributed by atoms with Crippen molar-refractivity contribution in [3.05, 3.63) is 63.5 Å². The van der Waals surface area contributed by atoms with Gasteiger partial charge in [-0.3, -0.25) is 0 Å². The Morgan fingerprint density at radius 2 is 2.16 bits per heavy atom. The summed E-state index contributed by atoms with van der Waals surface area (Å²) in [6.07, 6.45) is 2.12. The van der Waals surface area contributed by atoms with E-state index in [4.69, 9.17) is 4.74 Å². The van der Waals surface area contributed by atoms with Crippen molar-refractivity contribution >= 4 is 16.7 Å². The lowest BCUT2D eigenvalue weighted by atomic mass is 10.1. The van der Waals surface area contributed by atoms with Gasteiger partial charge in [0.25, 0.3) is 0 Å². The normalized spacial score (nSPS) is 10.6. The second kappa shape index (κ2) is 6.61. The van der Waals surface area contributed by atoms with Crippen molar-refractivity contribution in [3.8, 4) is 11.8 Å². The summed E-state index contributed by atoms with van der Waals surface area (Å²) in [5, 5.41) is 21.1. The van der Waals surface area contributed by atoms with Gasteiger partial charge in [0, 0.05) is 29.1 Å². The van der Waals surface area contributed by atoms with Crippen LogP contribution in [-0.4, -0.2) is 21.6 Å². The van der Waals surface area contributed by atoms with Crippen LogP contribution < -0.4 is 4.74 Å². The van der Waals surface area contributed by atoms with Crippen LogP contribution in [0.4, 0.5) is 5.82 Å². The Balaban J connectivity index is 1.91. The van der Waals surface area contributed by atoms with Gasteiger partial charge in [0.05, 0.1) is 7.11 Å². The van der Waals surface area contributed by atoms with Gasteiger partial charge in [-0.05, 0) is 53.1 Å². The first kappa shape index (κ1) is 16.5. The van der Waals surface area contributed by atoms with E-state index in [-0.39, 0.29) is 5.82 Å². The number of nitriles is 1. The Kier molecular flexibility index (Phi) is 4.35. The monoisotopic (exact) mass is 336 g/mol. The minimum Gasteiger partial charge on any atom is -0.496 e. The van der Waals surface area contributed by atoms with E-state index in [1.54, 1.807) is 13.2 Å². The number of rotatable bonds is 5. The van der Waals surface area contributed by atoms with Gasteiger partial charge in [-0.15, -0.1) is 0 Å². The fourth-order valence-corrected chi connectivity index (χ4v) is 2.92. The smallest absolute Gasteiger partial charge is 0.363 e. The van der Waals surface area contributed by atoms with Crippen molar-refractivity contribution in [2.75, 3.05) is 7.11 Å². The van der Waals surface area contributed by atoms with E-state index in [9.17, 15) is 15.4 Å². The summed E-state index contributed by atoms with van der Waals surface area (Å²) in [5.74, 6) is 0.615. The average Bonchev–Trinajstić information content (AvgIpc) is 2.99. The maximum absolute atomic E-state index is 10.7. The molecule has 3 aromatic rings. The number of hydrogen-bond donors (Lipinski definition) is 0. The number of benzene rings is 1. The molecule has 126 valence electrons. The number of methoxy groups -OCH3 is 1. The number of nitrogens with zero attached hydrogens (tertiary/aromatic N) is 4. The Labute approximate surface area is 144 Å². The zero-order chi connectivity index (χ0) is 18.0. The van der Waals surface area contributed by atoms with Crippen LogP contribution in [0.3, 0.4) is 0 Å². The first-order valence-electron chi connectivity index (χ1n) is 7.71. The molecule has 0 saturated heterocycles. The molecule has 7 heteroatoms. The van der Waals surface area contributed by atoms with Crippen LogP contribution in [0.2, 0.25) is 0 Å². The van der Waals surface area contributed by atoms with Crippen LogP contribution in [0.15, 0.2) is 36.5 Å². The maximum Gasteiger partial charge on any atom is 0.363 e. The van der Waals surface area contributed by atoms with Crippen LogP contribution in [0.5, 0.6) is 5.75 Å². The minimum absolute atomic E-state index is 0.171. The van der Waals surface area contributed by atoms with Crippen LogP contribution >= 0.6 is 0 Å². The minimum atomic E-state index is -0.521. The zero-order valence-corrected chi connectivity index (χ0v) is 13.9. The van der Waals surface area contributed by atoms with Crippen molar-refractivity contribution in [1.29, 1.82) is 5.26 Å². The fourth-order valence-electron chi connectivity index (χ4n) is 2.92. The molecule has 0 unspecified atom stereocenters. The van der Waals surface area contributed by atoms with E-state index in [0.717, 1.165) is 27.8 Å². The number of aryl methyl sites for hydroxylation is 3. The Morgan fingerprint density at radius 3 is 2.76 bits per heavy atom. The van der Waals surface area contributed by atoms with Gasteiger partial charge < -0.3 is 19.4 Å². The molecule has 0 spiro atoms. The zero-order valence-electron chi connectivity index (χ0n) is 13.9. The highest BCUT2D eigenvalue weighted by molar-refractivity contribution is 5.87. The predicted octanol–water partition coefficient (Wildman–Crippen LogP) is 3.38. The Morgan fingerprint density at radius 1 is 1.36 bits per heavy atom. The van der Waals surface area contributed by atoms with Gasteiger partial charge in [0.15, 0.2) is 0 Å². The highest BCUT2D eigenvalue weighted by Crippen LogP contribution is 2.30. The molecule has 1 aromatic carbocycles. The molecule has 25 heavy (non-hydrogen) atoms. The summed E-state index contributed by atoms with van der Waals surface area (Å²) in [6, 6.07) is 11.0. The standard InChI is InChI=1S/C18H16N4O3/c1-12-15-9-14(10-19)21(16(15)4-5-17(12)25-2)8-7-13-3-6-18(20-11-13)22(23)24/h3-6,9,11H,7-8H2,1-2H3. The molecule has 2 aromatic heterocycles. The third-order valence-electron chi connectivity index (χ3n) is 4.26. The molecular weight excluding hydrogens is 320 g/mol. The summed E-state index contributed by atoms with van der Waals surface area (Å²) >= 11 is 0. The van der Waals surface area contributed by atoms with E-state index in [2.05, 4.69) is 11.1 Å². The summed E-state index contributed by atoms with van der Waals surface area (Å²) in [4.78, 5) is 14.0. The highest BCUT2D eigenvalue weighted by atomic mass is 16.6. The molecule has 0 radical (unpaired) electrons. The SMILES string of the molecule is COc1ccc2c(cc(C#N)n2CCc2ccc([N+](=O)[O-])nc2)c1C. The molecule has 0 aliphatic carbocycles. The van der Waals surface area contributed by atoms with Crippen molar-refractivity contribution in [1.82, 2.24) is 9.55 Å². The molecule has 0 bridgehead atoms. The average molecular weight is 336 g/mol. The van der Waals surface area contributed by atoms with Crippen molar-refractivity contribution < 1.29 is 9.66 Å². The van der Waals surface area contributed by atoms with E-state index < -0.39 is 4.92 Å². The summed E-state index contributed by atoms with van der Waals surface area (Å²) in [7, 11) is 1.62. The third kappa shape index (κ3) is 3.02. The van der Waals surface area contributed by atoms with Crippen LogP contribution in [-0.2, 0) is 13.0 Å². The van der Waals surface area contributed by atoms with Crippen LogP contribution in [0, 0.1) is 28.4 Å². The highest BCUT2D eigenvalue weighted by Gasteiger charge is 2.13. The molecule has 0 amide bonds.